The molecule has 4 heteroatoms. The number of hydrogen-bond acceptors (Lipinski definition) is 2. The van der Waals surface area contributed by atoms with Gasteiger partial charge in [0.25, 0.3) is 0 Å². The first kappa shape index (κ1) is 10.4. The molecule has 0 aromatic heterocycles. The van der Waals surface area contributed by atoms with Crippen molar-refractivity contribution in [1.82, 2.24) is 0 Å². The van der Waals surface area contributed by atoms with Gasteiger partial charge in [-0.3, -0.25) is 4.79 Å². The third-order valence-electron chi connectivity index (χ3n) is 1.97. The molecule has 0 saturated carbocycles. The summed E-state index contributed by atoms with van der Waals surface area (Å²) in [5.74, 6) is -1.68. The SMILES string of the molecule is CC(C=O)c1cc(F)ccc1C(N)=O. The van der Waals surface area contributed by atoms with Crippen molar-refractivity contribution in [3.8, 4) is 0 Å². The van der Waals surface area contributed by atoms with E-state index in [-0.39, 0.29) is 5.56 Å². The van der Waals surface area contributed by atoms with Crippen molar-refractivity contribution in [1.29, 1.82) is 0 Å². The number of carbonyl (C=O) groups is 2. The van der Waals surface area contributed by atoms with E-state index in [0.29, 0.717) is 11.8 Å². The van der Waals surface area contributed by atoms with E-state index < -0.39 is 17.6 Å². The highest BCUT2D eigenvalue weighted by Crippen LogP contribution is 2.19. The van der Waals surface area contributed by atoms with Crippen LogP contribution in [0.2, 0.25) is 0 Å². The molecule has 0 spiro atoms. The third-order valence-corrected chi connectivity index (χ3v) is 1.97. The molecule has 1 aromatic rings. The van der Waals surface area contributed by atoms with Crippen molar-refractivity contribution in [2.24, 2.45) is 5.73 Å². The molecule has 0 aliphatic heterocycles. The van der Waals surface area contributed by atoms with Gasteiger partial charge in [-0.15, -0.1) is 0 Å². The summed E-state index contributed by atoms with van der Waals surface area (Å²) in [4.78, 5) is 21.5. The van der Waals surface area contributed by atoms with Crippen LogP contribution in [0.4, 0.5) is 4.39 Å². The molecule has 1 rings (SSSR count). The minimum Gasteiger partial charge on any atom is -0.366 e. The Bertz CT molecular complexity index is 376. The second-order valence-corrected chi connectivity index (χ2v) is 3.02. The van der Waals surface area contributed by atoms with Crippen LogP contribution in [0.3, 0.4) is 0 Å². The first-order valence-corrected chi connectivity index (χ1v) is 4.10. The van der Waals surface area contributed by atoms with Gasteiger partial charge in [0.05, 0.1) is 0 Å². The predicted octanol–water partition coefficient (Wildman–Crippen LogP) is 1.23. The summed E-state index contributed by atoms with van der Waals surface area (Å²) in [6.07, 6.45) is 0.640. The summed E-state index contributed by atoms with van der Waals surface area (Å²) in [5, 5.41) is 0. The summed E-state index contributed by atoms with van der Waals surface area (Å²) < 4.78 is 12.8. The van der Waals surface area contributed by atoms with E-state index in [1.807, 2.05) is 0 Å². The Hall–Kier alpha value is -1.71. The Morgan fingerprint density at radius 2 is 2.21 bits per heavy atom. The van der Waals surface area contributed by atoms with Gasteiger partial charge in [-0.1, -0.05) is 6.92 Å². The molecule has 0 bridgehead atoms. The second-order valence-electron chi connectivity index (χ2n) is 3.02. The number of nitrogens with two attached hydrogens (primary N) is 1. The number of hydrogen-bond donors (Lipinski definition) is 1. The van der Waals surface area contributed by atoms with Gasteiger partial charge in [0, 0.05) is 11.5 Å². The van der Waals surface area contributed by atoms with E-state index in [4.69, 9.17) is 5.73 Å². The summed E-state index contributed by atoms with van der Waals surface area (Å²) in [6, 6.07) is 3.58. The summed E-state index contributed by atoms with van der Waals surface area (Å²) in [7, 11) is 0. The van der Waals surface area contributed by atoms with Crippen LogP contribution in [-0.4, -0.2) is 12.2 Å². The zero-order valence-electron chi connectivity index (χ0n) is 7.66. The van der Waals surface area contributed by atoms with E-state index in [2.05, 4.69) is 0 Å². The van der Waals surface area contributed by atoms with Crippen LogP contribution in [-0.2, 0) is 4.79 Å². The van der Waals surface area contributed by atoms with Crippen molar-refractivity contribution in [2.75, 3.05) is 0 Å². The Balaban J connectivity index is 3.29. The summed E-state index contributed by atoms with van der Waals surface area (Å²) in [5.41, 5.74) is 5.59. The maximum atomic E-state index is 12.8. The number of amides is 1. The van der Waals surface area contributed by atoms with Crippen molar-refractivity contribution in [3.05, 3.63) is 35.1 Å². The standard InChI is InChI=1S/C10H10FNO2/c1-6(5-13)9-4-7(11)2-3-8(9)10(12)14/h2-6H,1H3,(H2,12,14). The largest absolute Gasteiger partial charge is 0.366 e. The zero-order valence-corrected chi connectivity index (χ0v) is 7.66. The third kappa shape index (κ3) is 1.96. The molecule has 0 aliphatic carbocycles. The van der Waals surface area contributed by atoms with Crippen LogP contribution >= 0.6 is 0 Å². The molecule has 1 atom stereocenters. The van der Waals surface area contributed by atoms with Crippen LogP contribution < -0.4 is 5.73 Å². The average Bonchev–Trinajstić information content (AvgIpc) is 2.16. The molecule has 1 unspecified atom stereocenters. The fourth-order valence-electron chi connectivity index (χ4n) is 1.21. The molecular weight excluding hydrogens is 185 g/mol. The lowest BCUT2D eigenvalue weighted by Crippen LogP contribution is -2.15. The van der Waals surface area contributed by atoms with Gasteiger partial charge in [-0.25, -0.2) is 4.39 Å². The molecule has 0 heterocycles. The zero-order chi connectivity index (χ0) is 10.7. The number of primary amides is 1. The van der Waals surface area contributed by atoms with Crippen molar-refractivity contribution in [3.63, 3.8) is 0 Å². The first-order valence-electron chi connectivity index (χ1n) is 4.10. The summed E-state index contributed by atoms with van der Waals surface area (Å²) >= 11 is 0. The van der Waals surface area contributed by atoms with E-state index in [1.165, 1.54) is 6.07 Å². The molecule has 74 valence electrons. The predicted molar refractivity (Wildman–Crippen MR) is 49.4 cm³/mol. The molecule has 0 saturated heterocycles. The quantitative estimate of drug-likeness (QED) is 0.737. The second kappa shape index (κ2) is 4.00. The normalized spacial score (nSPS) is 12.1. The fourth-order valence-corrected chi connectivity index (χ4v) is 1.21. The van der Waals surface area contributed by atoms with Crippen molar-refractivity contribution in [2.45, 2.75) is 12.8 Å². The average molecular weight is 195 g/mol. The molecule has 0 aliphatic rings. The lowest BCUT2D eigenvalue weighted by molar-refractivity contribution is -0.108. The van der Waals surface area contributed by atoms with E-state index in [0.717, 1.165) is 12.1 Å². The molecule has 14 heavy (non-hydrogen) atoms. The van der Waals surface area contributed by atoms with Crippen LogP contribution in [0.25, 0.3) is 0 Å². The Labute approximate surface area is 80.7 Å². The number of aldehydes is 1. The molecule has 0 fully saturated rings. The van der Waals surface area contributed by atoms with Gasteiger partial charge in [0.2, 0.25) is 5.91 Å². The first-order chi connectivity index (χ1) is 6.56. The number of benzene rings is 1. The Morgan fingerprint density at radius 1 is 1.57 bits per heavy atom. The molecule has 1 aromatic carbocycles. The number of rotatable bonds is 3. The van der Waals surface area contributed by atoms with Gasteiger partial charge in [0.1, 0.15) is 12.1 Å². The van der Waals surface area contributed by atoms with E-state index in [9.17, 15) is 14.0 Å². The molecule has 1 amide bonds. The molecular formula is C10H10FNO2. The van der Waals surface area contributed by atoms with Crippen LogP contribution in [0.15, 0.2) is 18.2 Å². The Kier molecular flexibility index (Phi) is 2.96. The van der Waals surface area contributed by atoms with Crippen LogP contribution in [0, 0.1) is 5.82 Å². The topological polar surface area (TPSA) is 60.2 Å². The minimum atomic E-state index is -0.659. The smallest absolute Gasteiger partial charge is 0.249 e. The van der Waals surface area contributed by atoms with E-state index >= 15 is 0 Å². The van der Waals surface area contributed by atoms with Crippen LogP contribution in [0.5, 0.6) is 0 Å². The van der Waals surface area contributed by atoms with Gasteiger partial charge in [-0.05, 0) is 23.8 Å². The highest BCUT2D eigenvalue weighted by molar-refractivity contribution is 5.95. The van der Waals surface area contributed by atoms with Gasteiger partial charge in [-0.2, -0.15) is 0 Å². The van der Waals surface area contributed by atoms with E-state index in [1.54, 1.807) is 6.92 Å². The minimum absolute atomic E-state index is 0.186. The highest BCUT2D eigenvalue weighted by Gasteiger charge is 2.14. The lowest BCUT2D eigenvalue weighted by atomic mass is 9.96. The maximum absolute atomic E-state index is 12.8. The molecule has 2 N–H and O–H groups in total. The number of halogens is 1. The van der Waals surface area contributed by atoms with Gasteiger partial charge < -0.3 is 10.5 Å². The molecule has 3 nitrogen and oxygen atoms in total. The fraction of sp³-hybridized carbons (Fsp3) is 0.200. The van der Waals surface area contributed by atoms with Crippen molar-refractivity contribution >= 4 is 12.2 Å². The van der Waals surface area contributed by atoms with Gasteiger partial charge >= 0.3 is 0 Å². The maximum Gasteiger partial charge on any atom is 0.249 e. The summed E-state index contributed by atoms with van der Waals surface area (Å²) in [6.45, 7) is 1.58. The number of carbonyl (C=O) groups excluding carboxylic acids is 2. The Morgan fingerprint density at radius 3 is 2.71 bits per heavy atom. The molecule has 0 radical (unpaired) electrons. The monoisotopic (exact) mass is 195 g/mol. The van der Waals surface area contributed by atoms with Gasteiger partial charge in [0.15, 0.2) is 0 Å². The lowest BCUT2D eigenvalue weighted by Gasteiger charge is -2.08. The van der Waals surface area contributed by atoms with Crippen molar-refractivity contribution < 1.29 is 14.0 Å². The highest BCUT2D eigenvalue weighted by atomic mass is 19.1. The van der Waals surface area contributed by atoms with Crippen LogP contribution in [0.1, 0.15) is 28.8 Å².